The topological polar surface area (TPSA) is 84.2 Å². The van der Waals surface area contributed by atoms with Crippen molar-refractivity contribution < 1.29 is 14.7 Å². The third-order valence-corrected chi connectivity index (χ3v) is 5.37. The van der Waals surface area contributed by atoms with E-state index in [4.69, 9.17) is 10.2 Å². The van der Waals surface area contributed by atoms with Crippen molar-refractivity contribution in [2.24, 2.45) is 11.8 Å². The number of carbonyl (C=O) groups is 2. The lowest BCUT2D eigenvalue weighted by Gasteiger charge is -2.31. The second-order valence-corrected chi connectivity index (χ2v) is 6.82. The number of nitrogens with zero attached hydrogens (tertiary/aromatic N) is 2. The van der Waals surface area contributed by atoms with Crippen molar-refractivity contribution >= 4 is 11.9 Å². The molecule has 1 amide bonds. The Balaban J connectivity index is 1.50. The van der Waals surface area contributed by atoms with E-state index in [1.165, 1.54) is 11.3 Å². The van der Waals surface area contributed by atoms with Gasteiger partial charge in [-0.15, -0.1) is 0 Å². The first-order chi connectivity index (χ1) is 12.1. The van der Waals surface area contributed by atoms with Crippen LogP contribution in [0.15, 0.2) is 30.3 Å². The van der Waals surface area contributed by atoms with Crippen molar-refractivity contribution in [3.05, 3.63) is 47.3 Å². The molecule has 1 heterocycles. The lowest BCUT2D eigenvalue weighted by Crippen LogP contribution is -2.43. The van der Waals surface area contributed by atoms with E-state index < -0.39 is 17.8 Å². The Labute approximate surface area is 145 Å². The van der Waals surface area contributed by atoms with Crippen molar-refractivity contribution in [1.29, 1.82) is 0 Å². The van der Waals surface area contributed by atoms with Gasteiger partial charge in [-0.25, -0.2) is 4.68 Å². The van der Waals surface area contributed by atoms with Crippen LogP contribution in [0, 0.1) is 11.8 Å². The number of hydrogen-bond acceptors (Lipinski definition) is 3. The first kappa shape index (κ1) is 15.9. The van der Waals surface area contributed by atoms with E-state index in [2.05, 4.69) is 5.32 Å². The number of carboxylic acid groups (broad SMARTS) is 1. The van der Waals surface area contributed by atoms with Gasteiger partial charge in [-0.05, 0) is 49.8 Å². The molecular formula is C19H21N3O3. The first-order valence-electron chi connectivity index (χ1n) is 8.80. The molecular weight excluding hydrogens is 318 g/mol. The number of carbonyl (C=O) groups excluding carboxylic acids is 1. The maximum absolute atomic E-state index is 12.3. The lowest BCUT2D eigenvalue weighted by atomic mass is 9.73. The van der Waals surface area contributed by atoms with Gasteiger partial charge >= 0.3 is 5.97 Å². The van der Waals surface area contributed by atoms with Crippen LogP contribution in [0.4, 0.5) is 0 Å². The van der Waals surface area contributed by atoms with E-state index >= 15 is 0 Å². The van der Waals surface area contributed by atoms with Crippen molar-refractivity contribution in [3.63, 3.8) is 0 Å². The Morgan fingerprint density at radius 2 is 1.92 bits per heavy atom. The smallest absolute Gasteiger partial charge is 0.307 e. The summed E-state index contributed by atoms with van der Waals surface area (Å²) < 4.78 is 1.98. The SMILES string of the molecule is O=C(O)C1CCC1C(=O)NCc1nn(-c2ccccc2)c2c1CCC2. The van der Waals surface area contributed by atoms with E-state index in [0.29, 0.717) is 19.4 Å². The number of carboxylic acids is 1. The summed E-state index contributed by atoms with van der Waals surface area (Å²) >= 11 is 0. The van der Waals surface area contributed by atoms with Crippen molar-refractivity contribution in [3.8, 4) is 5.69 Å². The predicted octanol–water partition coefficient (Wildman–Crippen LogP) is 2.09. The zero-order chi connectivity index (χ0) is 17.4. The number of amides is 1. The molecule has 4 rings (SSSR count). The number of hydrogen-bond donors (Lipinski definition) is 2. The van der Waals surface area contributed by atoms with Crippen LogP contribution in [0.3, 0.4) is 0 Å². The number of rotatable bonds is 5. The quantitative estimate of drug-likeness (QED) is 0.873. The molecule has 25 heavy (non-hydrogen) atoms. The molecule has 2 atom stereocenters. The van der Waals surface area contributed by atoms with Crippen LogP contribution in [-0.2, 0) is 29.0 Å². The third-order valence-electron chi connectivity index (χ3n) is 5.37. The van der Waals surface area contributed by atoms with E-state index in [1.807, 2.05) is 35.0 Å². The van der Waals surface area contributed by atoms with Crippen LogP contribution in [0.5, 0.6) is 0 Å². The van der Waals surface area contributed by atoms with E-state index in [0.717, 1.165) is 30.6 Å². The molecule has 1 fully saturated rings. The summed E-state index contributed by atoms with van der Waals surface area (Å²) in [7, 11) is 0. The molecule has 2 N–H and O–H groups in total. The molecule has 130 valence electrons. The molecule has 2 aliphatic carbocycles. The summed E-state index contributed by atoms with van der Waals surface area (Å²) in [4.78, 5) is 23.4. The Bertz CT molecular complexity index is 813. The monoisotopic (exact) mass is 339 g/mol. The maximum Gasteiger partial charge on any atom is 0.307 e. The molecule has 0 radical (unpaired) electrons. The van der Waals surface area contributed by atoms with Crippen LogP contribution in [-0.4, -0.2) is 26.8 Å². The van der Waals surface area contributed by atoms with Gasteiger partial charge in [0.25, 0.3) is 0 Å². The first-order valence-corrected chi connectivity index (χ1v) is 8.80. The fourth-order valence-corrected chi connectivity index (χ4v) is 3.85. The summed E-state index contributed by atoms with van der Waals surface area (Å²) in [5.41, 5.74) is 4.38. The Kier molecular flexibility index (Phi) is 4.03. The van der Waals surface area contributed by atoms with Gasteiger partial charge in [0, 0.05) is 5.69 Å². The van der Waals surface area contributed by atoms with Gasteiger partial charge in [-0.3, -0.25) is 9.59 Å². The average molecular weight is 339 g/mol. The number of para-hydroxylation sites is 1. The highest BCUT2D eigenvalue weighted by Gasteiger charge is 2.41. The van der Waals surface area contributed by atoms with Crippen LogP contribution in [0.1, 0.15) is 36.2 Å². The van der Waals surface area contributed by atoms with Crippen LogP contribution < -0.4 is 5.32 Å². The lowest BCUT2D eigenvalue weighted by molar-refractivity contribution is -0.152. The Morgan fingerprint density at radius 1 is 1.16 bits per heavy atom. The maximum atomic E-state index is 12.3. The Morgan fingerprint density at radius 3 is 2.60 bits per heavy atom. The highest BCUT2D eigenvalue weighted by molar-refractivity contribution is 5.86. The van der Waals surface area contributed by atoms with E-state index in [1.54, 1.807) is 0 Å². The number of nitrogens with one attached hydrogen (secondary N) is 1. The summed E-state index contributed by atoms with van der Waals surface area (Å²) in [6.07, 6.45) is 4.32. The molecule has 1 aromatic carbocycles. The van der Waals surface area contributed by atoms with Gasteiger partial charge in [0.15, 0.2) is 0 Å². The van der Waals surface area contributed by atoms with E-state index in [-0.39, 0.29) is 5.91 Å². The molecule has 1 aromatic heterocycles. The van der Waals surface area contributed by atoms with E-state index in [9.17, 15) is 9.59 Å². The summed E-state index contributed by atoms with van der Waals surface area (Å²) in [6, 6.07) is 10.0. The minimum atomic E-state index is -0.874. The minimum absolute atomic E-state index is 0.167. The molecule has 2 aromatic rings. The minimum Gasteiger partial charge on any atom is -0.481 e. The normalized spacial score (nSPS) is 21.4. The number of aromatic nitrogens is 2. The van der Waals surface area contributed by atoms with Crippen molar-refractivity contribution in [2.75, 3.05) is 0 Å². The molecule has 6 heteroatoms. The zero-order valence-electron chi connectivity index (χ0n) is 13.9. The summed E-state index contributed by atoms with van der Waals surface area (Å²) in [6.45, 7) is 0.365. The highest BCUT2D eigenvalue weighted by Crippen LogP contribution is 2.34. The summed E-state index contributed by atoms with van der Waals surface area (Å²) in [5.74, 6) is -1.98. The number of fused-ring (bicyclic) bond motifs is 1. The molecule has 1 saturated carbocycles. The third kappa shape index (κ3) is 2.81. The van der Waals surface area contributed by atoms with Gasteiger partial charge in [-0.1, -0.05) is 18.2 Å². The molecule has 6 nitrogen and oxygen atoms in total. The molecule has 0 bridgehead atoms. The predicted molar refractivity (Wildman–Crippen MR) is 91.3 cm³/mol. The summed E-state index contributed by atoms with van der Waals surface area (Å²) in [5, 5.41) is 16.7. The van der Waals surface area contributed by atoms with Gasteiger partial charge in [0.2, 0.25) is 5.91 Å². The van der Waals surface area contributed by atoms with Gasteiger partial charge in [0.05, 0.1) is 29.8 Å². The molecule has 2 unspecified atom stereocenters. The number of benzene rings is 1. The molecule has 0 aliphatic heterocycles. The van der Waals surface area contributed by atoms with Crippen LogP contribution >= 0.6 is 0 Å². The van der Waals surface area contributed by atoms with Crippen LogP contribution in [0.25, 0.3) is 5.69 Å². The second kappa shape index (κ2) is 6.35. The molecule has 0 spiro atoms. The zero-order valence-corrected chi connectivity index (χ0v) is 13.9. The molecule has 0 saturated heterocycles. The number of aliphatic carboxylic acids is 1. The van der Waals surface area contributed by atoms with Crippen molar-refractivity contribution in [1.82, 2.24) is 15.1 Å². The average Bonchev–Trinajstić information content (AvgIpc) is 3.15. The van der Waals surface area contributed by atoms with Gasteiger partial charge in [0.1, 0.15) is 0 Å². The Hall–Kier alpha value is -2.63. The van der Waals surface area contributed by atoms with Gasteiger partial charge < -0.3 is 10.4 Å². The fraction of sp³-hybridized carbons (Fsp3) is 0.421. The molecule has 2 aliphatic rings. The van der Waals surface area contributed by atoms with Gasteiger partial charge in [-0.2, -0.15) is 5.10 Å². The van der Waals surface area contributed by atoms with Crippen molar-refractivity contribution in [2.45, 2.75) is 38.6 Å². The standard InChI is InChI=1S/C19H21N3O3/c23-18(13-9-10-14(13)19(24)25)20-11-16-15-7-4-8-17(15)22(21-16)12-5-2-1-3-6-12/h1-3,5-6,13-14H,4,7-11H2,(H,20,23)(H,24,25). The fourth-order valence-electron chi connectivity index (χ4n) is 3.85. The second-order valence-electron chi connectivity index (χ2n) is 6.82. The van der Waals surface area contributed by atoms with Crippen LogP contribution in [0.2, 0.25) is 0 Å². The largest absolute Gasteiger partial charge is 0.481 e. The highest BCUT2D eigenvalue weighted by atomic mass is 16.4.